The molecular formula is C22H30N4. The molecule has 4 rings (SSSR count). The van der Waals surface area contributed by atoms with Gasteiger partial charge in [0.1, 0.15) is 5.82 Å². The molecule has 2 aliphatic rings. The second-order valence-corrected chi connectivity index (χ2v) is 7.81. The van der Waals surface area contributed by atoms with Crippen molar-refractivity contribution < 1.29 is 0 Å². The van der Waals surface area contributed by atoms with Crippen molar-refractivity contribution in [3.8, 4) is 0 Å². The standard InChI is InChI=1S/C22H30N4/c1-16(17-9-5-3-6-10-17)26-14-13-19(15-26)21-20(22(23)25(2)24-21)18-11-7-4-8-12-18/h3,5-6,9-11,16,19H,4,7-8,12-15,23H2,1-2H3/t16-,19-/m0/s1. The summed E-state index contributed by atoms with van der Waals surface area (Å²) in [5.41, 5.74) is 11.7. The summed E-state index contributed by atoms with van der Waals surface area (Å²) < 4.78 is 1.88. The summed E-state index contributed by atoms with van der Waals surface area (Å²) in [6, 6.07) is 11.3. The summed E-state index contributed by atoms with van der Waals surface area (Å²) in [7, 11) is 1.98. The van der Waals surface area contributed by atoms with Crippen molar-refractivity contribution in [1.82, 2.24) is 14.7 Å². The Morgan fingerprint density at radius 1 is 1.19 bits per heavy atom. The van der Waals surface area contributed by atoms with Gasteiger partial charge in [0.05, 0.1) is 5.69 Å². The van der Waals surface area contributed by atoms with E-state index in [1.807, 2.05) is 11.7 Å². The molecular weight excluding hydrogens is 320 g/mol. The first kappa shape index (κ1) is 17.3. The normalized spacial score (nSPS) is 22.4. The van der Waals surface area contributed by atoms with Gasteiger partial charge >= 0.3 is 0 Å². The molecule has 0 bridgehead atoms. The van der Waals surface area contributed by atoms with E-state index in [-0.39, 0.29) is 0 Å². The van der Waals surface area contributed by atoms with Crippen molar-refractivity contribution in [2.45, 2.75) is 51.0 Å². The average Bonchev–Trinajstić information content (AvgIpc) is 3.28. The lowest BCUT2D eigenvalue weighted by Crippen LogP contribution is -2.24. The third kappa shape index (κ3) is 3.18. The third-order valence-corrected chi connectivity index (χ3v) is 6.17. The molecule has 2 aromatic rings. The van der Waals surface area contributed by atoms with E-state index in [1.54, 1.807) is 0 Å². The fourth-order valence-electron chi connectivity index (χ4n) is 4.54. The Morgan fingerprint density at radius 3 is 2.73 bits per heavy atom. The van der Waals surface area contributed by atoms with E-state index in [2.05, 4.69) is 48.2 Å². The van der Waals surface area contributed by atoms with E-state index in [1.165, 1.54) is 41.7 Å². The molecule has 1 aromatic carbocycles. The number of nitrogens with two attached hydrogens (primary N) is 1. The van der Waals surface area contributed by atoms with Gasteiger partial charge in [-0.15, -0.1) is 0 Å². The Morgan fingerprint density at radius 2 is 2.00 bits per heavy atom. The summed E-state index contributed by atoms with van der Waals surface area (Å²) >= 11 is 0. The van der Waals surface area contributed by atoms with Crippen LogP contribution in [0.2, 0.25) is 0 Å². The van der Waals surface area contributed by atoms with Crippen LogP contribution in [0.15, 0.2) is 36.4 Å². The second-order valence-electron chi connectivity index (χ2n) is 7.81. The smallest absolute Gasteiger partial charge is 0.129 e. The van der Waals surface area contributed by atoms with Crippen LogP contribution in [0.3, 0.4) is 0 Å². The molecule has 1 saturated heterocycles. The topological polar surface area (TPSA) is 47.1 Å². The molecule has 1 aliphatic heterocycles. The highest BCUT2D eigenvalue weighted by Gasteiger charge is 2.32. The number of likely N-dealkylation sites (tertiary alicyclic amines) is 1. The first-order valence-corrected chi connectivity index (χ1v) is 9.96. The fourth-order valence-corrected chi connectivity index (χ4v) is 4.54. The van der Waals surface area contributed by atoms with E-state index < -0.39 is 0 Å². The number of nitrogens with zero attached hydrogens (tertiary/aromatic N) is 3. The number of allylic oxidation sites excluding steroid dienone is 2. The SMILES string of the molecule is C[C@@H](c1ccccc1)N1CC[C@H](c2nn(C)c(N)c2C2=CCCCC2)C1. The molecule has 0 amide bonds. The lowest BCUT2D eigenvalue weighted by atomic mass is 9.89. The van der Waals surface area contributed by atoms with Crippen LogP contribution in [-0.4, -0.2) is 27.8 Å². The molecule has 1 aromatic heterocycles. The number of rotatable bonds is 4. The molecule has 2 heterocycles. The Labute approximate surface area is 156 Å². The number of aromatic nitrogens is 2. The first-order chi connectivity index (χ1) is 12.6. The van der Waals surface area contributed by atoms with Crippen LogP contribution in [0.4, 0.5) is 5.82 Å². The highest BCUT2D eigenvalue weighted by molar-refractivity contribution is 5.76. The lowest BCUT2D eigenvalue weighted by molar-refractivity contribution is 0.259. The molecule has 0 radical (unpaired) electrons. The van der Waals surface area contributed by atoms with Gasteiger partial charge in [-0.25, -0.2) is 0 Å². The minimum absolute atomic E-state index is 0.444. The van der Waals surface area contributed by atoms with Crippen LogP contribution < -0.4 is 5.73 Å². The van der Waals surface area contributed by atoms with E-state index >= 15 is 0 Å². The van der Waals surface area contributed by atoms with Crippen molar-refractivity contribution in [3.05, 3.63) is 53.2 Å². The van der Waals surface area contributed by atoms with Gasteiger partial charge in [0, 0.05) is 31.1 Å². The highest BCUT2D eigenvalue weighted by atomic mass is 15.3. The summed E-state index contributed by atoms with van der Waals surface area (Å²) in [5, 5.41) is 4.86. The van der Waals surface area contributed by atoms with Gasteiger partial charge in [-0.05, 0) is 56.7 Å². The summed E-state index contributed by atoms with van der Waals surface area (Å²) in [4.78, 5) is 2.59. The number of hydrogen-bond acceptors (Lipinski definition) is 3. The minimum atomic E-state index is 0.444. The number of aryl methyl sites for hydroxylation is 1. The van der Waals surface area contributed by atoms with Crippen LogP contribution in [0.25, 0.3) is 5.57 Å². The van der Waals surface area contributed by atoms with Crippen LogP contribution in [-0.2, 0) is 7.05 Å². The van der Waals surface area contributed by atoms with Crippen molar-refractivity contribution in [3.63, 3.8) is 0 Å². The predicted molar refractivity (Wildman–Crippen MR) is 108 cm³/mol. The minimum Gasteiger partial charge on any atom is -0.383 e. The van der Waals surface area contributed by atoms with Crippen molar-refractivity contribution in [2.24, 2.45) is 7.05 Å². The van der Waals surface area contributed by atoms with Gasteiger partial charge in [-0.3, -0.25) is 9.58 Å². The van der Waals surface area contributed by atoms with Crippen LogP contribution >= 0.6 is 0 Å². The maximum atomic E-state index is 6.43. The summed E-state index contributed by atoms with van der Waals surface area (Å²) in [6.45, 7) is 4.50. The monoisotopic (exact) mass is 350 g/mol. The fraction of sp³-hybridized carbons (Fsp3) is 0.500. The van der Waals surface area contributed by atoms with E-state index in [0.29, 0.717) is 12.0 Å². The quantitative estimate of drug-likeness (QED) is 0.882. The number of benzene rings is 1. The van der Waals surface area contributed by atoms with Gasteiger partial charge in [0.25, 0.3) is 0 Å². The Hall–Kier alpha value is -2.07. The third-order valence-electron chi connectivity index (χ3n) is 6.17. The second kappa shape index (κ2) is 7.28. The lowest BCUT2D eigenvalue weighted by Gasteiger charge is -2.24. The van der Waals surface area contributed by atoms with E-state index in [9.17, 15) is 0 Å². The van der Waals surface area contributed by atoms with Crippen LogP contribution in [0, 0.1) is 0 Å². The van der Waals surface area contributed by atoms with Gasteiger partial charge in [0.2, 0.25) is 0 Å². The molecule has 2 N–H and O–H groups in total. The van der Waals surface area contributed by atoms with Crippen molar-refractivity contribution in [1.29, 1.82) is 0 Å². The maximum absolute atomic E-state index is 6.43. The van der Waals surface area contributed by atoms with Gasteiger partial charge in [0.15, 0.2) is 0 Å². The maximum Gasteiger partial charge on any atom is 0.129 e. The molecule has 0 spiro atoms. The molecule has 1 fully saturated rings. The Bertz CT molecular complexity index is 790. The molecule has 0 saturated carbocycles. The zero-order chi connectivity index (χ0) is 18.1. The molecule has 26 heavy (non-hydrogen) atoms. The molecule has 1 aliphatic carbocycles. The van der Waals surface area contributed by atoms with E-state index in [0.717, 1.165) is 31.7 Å². The Kier molecular flexibility index (Phi) is 4.86. The molecule has 2 atom stereocenters. The average molecular weight is 351 g/mol. The zero-order valence-electron chi connectivity index (χ0n) is 16.0. The predicted octanol–water partition coefficient (Wildman–Crippen LogP) is 4.51. The number of anilines is 1. The molecule has 4 nitrogen and oxygen atoms in total. The molecule has 138 valence electrons. The van der Waals surface area contributed by atoms with Crippen molar-refractivity contribution in [2.75, 3.05) is 18.8 Å². The van der Waals surface area contributed by atoms with Gasteiger partial charge in [-0.1, -0.05) is 36.4 Å². The highest BCUT2D eigenvalue weighted by Crippen LogP contribution is 2.40. The number of nitrogen functional groups attached to an aromatic ring is 1. The molecule has 4 heteroatoms. The van der Waals surface area contributed by atoms with Gasteiger partial charge < -0.3 is 5.73 Å². The summed E-state index contributed by atoms with van der Waals surface area (Å²) in [5.74, 6) is 1.31. The van der Waals surface area contributed by atoms with Crippen LogP contribution in [0.5, 0.6) is 0 Å². The first-order valence-electron chi connectivity index (χ1n) is 9.96. The largest absolute Gasteiger partial charge is 0.383 e. The molecule has 0 unspecified atom stereocenters. The van der Waals surface area contributed by atoms with Gasteiger partial charge in [-0.2, -0.15) is 5.10 Å². The summed E-state index contributed by atoms with van der Waals surface area (Å²) in [6.07, 6.45) is 8.42. The van der Waals surface area contributed by atoms with Crippen molar-refractivity contribution >= 4 is 11.4 Å². The Balaban J connectivity index is 1.58. The number of hydrogen-bond donors (Lipinski definition) is 1. The van der Waals surface area contributed by atoms with E-state index in [4.69, 9.17) is 10.8 Å². The zero-order valence-corrected chi connectivity index (χ0v) is 16.0. The van der Waals surface area contributed by atoms with Crippen LogP contribution in [0.1, 0.15) is 67.8 Å².